The largest absolute Gasteiger partial charge is 0.335 e. The molecule has 20 heavy (non-hydrogen) atoms. The predicted octanol–water partition coefficient (Wildman–Crippen LogP) is 3.07. The third-order valence-corrected chi connectivity index (χ3v) is 4.64. The van der Waals surface area contributed by atoms with Gasteiger partial charge in [0.05, 0.1) is 5.75 Å². The number of carbonyl (C=O) groups is 1. The first-order chi connectivity index (χ1) is 9.66. The molecule has 0 saturated carbocycles. The number of amides is 1. The highest BCUT2D eigenvalue weighted by atomic mass is 32.2. The topological polar surface area (TPSA) is 46.1 Å². The van der Waals surface area contributed by atoms with Crippen LogP contribution in [0.15, 0.2) is 40.2 Å². The summed E-state index contributed by atoms with van der Waals surface area (Å²) in [5, 5.41) is 7.71. The van der Waals surface area contributed by atoms with Crippen molar-refractivity contribution in [1.82, 2.24) is 15.1 Å². The summed E-state index contributed by atoms with van der Waals surface area (Å²) >= 11 is 2.90. The van der Waals surface area contributed by atoms with Gasteiger partial charge in [-0.05, 0) is 19.4 Å². The van der Waals surface area contributed by atoms with E-state index in [0.717, 1.165) is 9.90 Å². The number of benzene rings is 1. The Kier molecular flexibility index (Phi) is 5.55. The monoisotopic (exact) mass is 307 g/mol. The van der Waals surface area contributed by atoms with Crippen LogP contribution < -0.4 is 0 Å². The molecule has 2 aromatic rings. The molecule has 106 valence electrons. The lowest BCUT2D eigenvalue weighted by molar-refractivity contribution is -0.130. The molecular weight excluding hydrogens is 290 g/mol. The van der Waals surface area contributed by atoms with E-state index in [1.165, 1.54) is 23.1 Å². The number of hydrogen-bond donors (Lipinski definition) is 0. The normalized spacial score (nSPS) is 10.8. The molecule has 1 aromatic heterocycles. The van der Waals surface area contributed by atoms with Crippen LogP contribution in [0.3, 0.4) is 0 Å². The Balaban J connectivity index is 1.95. The standard InChI is InChI=1S/C14H17N3OS2/c1-11(2)17(8-12-6-4-3-5-7-12)13(18)9-19-14-16-15-10-20-14/h3-7,10-11H,8-9H2,1-2H3. The summed E-state index contributed by atoms with van der Waals surface area (Å²) in [6.07, 6.45) is 0. The maximum absolute atomic E-state index is 12.3. The molecule has 0 fully saturated rings. The van der Waals surface area contributed by atoms with Crippen LogP contribution in [0.1, 0.15) is 19.4 Å². The molecule has 0 aliphatic rings. The molecule has 2 rings (SSSR count). The molecular formula is C14H17N3OS2. The van der Waals surface area contributed by atoms with Gasteiger partial charge in [0.1, 0.15) is 5.51 Å². The molecule has 4 nitrogen and oxygen atoms in total. The average molecular weight is 307 g/mol. The van der Waals surface area contributed by atoms with E-state index in [1.54, 1.807) is 5.51 Å². The van der Waals surface area contributed by atoms with Crippen molar-refractivity contribution >= 4 is 29.0 Å². The first-order valence-corrected chi connectivity index (χ1v) is 8.25. The lowest BCUT2D eigenvalue weighted by Gasteiger charge is -2.26. The Labute approximate surface area is 127 Å². The molecule has 1 aromatic carbocycles. The maximum atomic E-state index is 12.3. The zero-order chi connectivity index (χ0) is 14.4. The minimum absolute atomic E-state index is 0.129. The van der Waals surface area contributed by atoms with Crippen LogP contribution in [-0.4, -0.2) is 32.8 Å². The molecule has 6 heteroatoms. The van der Waals surface area contributed by atoms with Crippen molar-refractivity contribution < 1.29 is 4.79 Å². The van der Waals surface area contributed by atoms with Crippen molar-refractivity contribution in [2.75, 3.05) is 5.75 Å². The Hall–Kier alpha value is -1.40. The summed E-state index contributed by atoms with van der Waals surface area (Å²) in [7, 11) is 0. The van der Waals surface area contributed by atoms with Gasteiger partial charge in [-0.25, -0.2) is 0 Å². The van der Waals surface area contributed by atoms with Gasteiger partial charge in [0.15, 0.2) is 4.34 Å². The summed E-state index contributed by atoms with van der Waals surface area (Å²) in [5.74, 6) is 0.532. The second-order valence-electron chi connectivity index (χ2n) is 4.59. The van der Waals surface area contributed by atoms with Crippen LogP contribution in [0.4, 0.5) is 0 Å². The fraction of sp³-hybridized carbons (Fsp3) is 0.357. The average Bonchev–Trinajstić information content (AvgIpc) is 2.96. The smallest absolute Gasteiger partial charge is 0.233 e. The highest BCUT2D eigenvalue weighted by molar-refractivity contribution is 8.01. The second kappa shape index (κ2) is 7.40. The maximum Gasteiger partial charge on any atom is 0.233 e. The third-order valence-electron chi connectivity index (χ3n) is 2.80. The zero-order valence-corrected chi connectivity index (χ0v) is 13.2. The number of thioether (sulfide) groups is 1. The molecule has 0 spiro atoms. The Morgan fingerprint density at radius 3 is 2.70 bits per heavy atom. The van der Waals surface area contributed by atoms with Crippen molar-refractivity contribution in [3.8, 4) is 0 Å². The van der Waals surface area contributed by atoms with Crippen LogP contribution in [0, 0.1) is 0 Å². The van der Waals surface area contributed by atoms with E-state index >= 15 is 0 Å². The number of carbonyl (C=O) groups excluding carboxylic acids is 1. The summed E-state index contributed by atoms with van der Waals surface area (Å²) in [6, 6.07) is 10.2. The highest BCUT2D eigenvalue weighted by Crippen LogP contribution is 2.20. The summed E-state index contributed by atoms with van der Waals surface area (Å²) < 4.78 is 0.835. The van der Waals surface area contributed by atoms with E-state index in [2.05, 4.69) is 10.2 Å². The van der Waals surface area contributed by atoms with E-state index in [0.29, 0.717) is 12.3 Å². The van der Waals surface area contributed by atoms with Gasteiger partial charge in [0.2, 0.25) is 5.91 Å². The lowest BCUT2D eigenvalue weighted by atomic mass is 10.2. The molecule has 0 N–H and O–H groups in total. The first-order valence-electron chi connectivity index (χ1n) is 6.39. The van der Waals surface area contributed by atoms with Crippen molar-refractivity contribution in [3.63, 3.8) is 0 Å². The highest BCUT2D eigenvalue weighted by Gasteiger charge is 2.17. The van der Waals surface area contributed by atoms with E-state index in [1.807, 2.05) is 49.1 Å². The predicted molar refractivity (Wildman–Crippen MR) is 82.8 cm³/mol. The molecule has 1 amide bonds. The minimum Gasteiger partial charge on any atom is -0.335 e. The number of nitrogens with zero attached hydrogens (tertiary/aromatic N) is 3. The Morgan fingerprint density at radius 1 is 1.35 bits per heavy atom. The van der Waals surface area contributed by atoms with E-state index in [9.17, 15) is 4.79 Å². The summed E-state index contributed by atoms with van der Waals surface area (Å²) in [5.41, 5.74) is 2.83. The minimum atomic E-state index is 0.129. The van der Waals surface area contributed by atoms with Gasteiger partial charge >= 0.3 is 0 Å². The van der Waals surface area contributed by atoms with Gasteiger partial charge in [-0.2, -0.15) is 0 Å². The van der Waals surface area contributed by atoms with Crippen LogP contribution in [-0.2, 0) is 11.3 Å². The van der Waals surface area contributed by atoms with Crippen molar-refractivity contribution in [1.29, 1.82) is 0 Å². The molecule has 0 aliphatic heterocycles. The number of aromatic nitrogens is 2. The van der Waals surface area contributed by atoms with Gasteiger partial charge in [-0.15, -0.1) is 10.2 Å². The first kappa shape index (κ1) is 15.0. The zero-order valence-electron chi connectivity index (χ0n) is 11.5. The van der Waals surface area contributed by atoms with Crippen molar-refractivity contribution in [3.05, 3.63) is 41.4 Å². The molecule has 0 radical (unpaired) electrons. The number of hydrogen-bond acceptors (Lipinski definition) is 5. The van der Waals surface area contributed by atoms with Crippen LogP contribution >= 0.6 is 23.1 Å². The molecule has 0 bridgehead atoms. The summed E-state index contributed by atoms with van der Waals surface area (Å²) in [6.45, 7) is 4.72. The Morgan fingerprint density at radius 2 is 2.10 bits per heavy atom. The van der Waals surface area contributed by atoms with Crippen LogP contribution in [0.2, 0.25) is 0 Å². The fourth-order valence-electron chi connectivity index (χ4n) is 1.77. The van der Waals surface area contributed by atoms with E-state index < -0.39 is 0 Å². The molecule has 1 heterocycles. The molecule has 0 atom stereocenters. The molecule has 0 unspecified atom stereocenters. The van der Waals surface area contributed by atoms with Crippen molar-refractivity contribution in [2.24, 2.45) is 0 Å². The third kappa shape index (κ3) is 4.31. The van der Waals surface area contributed by atoms with E-state index in [-0.39, 0.29) is 11.9 Å². The number of rotatable bonds is 6. The Bertz CT molecular complexity index is 529. The van der Waals surface area contributed by atoms with Crippen molar-refractivity contribution in [2.45, 2.75) is 30.8 Å². The van der Waals surface area contributed by atoms with Gasteiger partial charge in [0, 0.05) is 12.6 Å². The summed E-state index contributed by atoms with van der Waals surface area (Å²) in [4.78, 5) is 14.2. The molecule has 0 saturated heterocycles. The van der Waals surface area contributed by atoms with Gasteiger partial charge in [-0.3, -0.25) is 4.79 Å². The lowest BCUT2D eigenvalue weighted by Crippen LogP contribution is -2.37. The second-order valence-corrected chi connectivity index (χ2v) is 6.65. The van der Waals surface area contributed by atoms with Gasteiger partial charge in [-0.1, -0.05) is 53.4 Å². The van der Waals surface area contributed by atoms with E-state index in [4.69, 9.17) is 0 Å². The fourth-order valence-corrected chi connectivity index (χ4v) is 3.15. The quantitative estimate of drug-likeness (QED) is 0.770. The SMILES string of the molecule is CC(C)N(Cc1ccccc1)C(=O)CSc1nncs1. The van der Waals surface area contributed by atoms with Crippen LogP contribution in [0.25, 0.3) is 0 Å². The van der Waals surface area contributed by atoms with Gasteiger partial charge in [0.25, 0.3) is 0 Å². The van der Waals surface area contributed by atoms with Gasteiger partial charge < -0.3 is 4.90 Å². The van der Waals surface area contributed by atoms with Crippen LogP contribution in [0.5, 0.6) is 0 Å². The molecule has 0 aliphatic carbocycles.